The number of hydrogen-bond acceptors (Lipinski definition) is 10. The summed E-state index contributed by atoms with van der Waals surface area (Å²) in [5.41, 5.74) is 1.34. The Morgan fingerprint density at radius 2 is 1.97 bits per heavy atom. The normalized spacial score (nSPS) is 13.4. The lowest BCUT2D eigenvalue weighted by Crippen LogP contribution is -2.21. The van der Waals surface area contributed by atoms with Crippen LogP contribution < -0.4 is 10.6 Å². The Kier molecular flexibility index (Phi) is 7.04. The molecule has 0 aliphatic carbocycles. The van der Waals surface area contributed by atoms with Gasteiger partial charge in [-0.25, -0.2) is 12.7 Å². The third kappa shape index (κ3) is 4.92. The molecule has 3 aromatic heterocycles. The molecule has 3 rings (SSSR count). The van der Waals surface area contributed by atoms with E-state index in [2.05, 4.69) is 33.2 Å². The van der Waals surface area contributed by atoms with Crippen molar-refractivity contribution in [3.05, 3.63) is 41.2 Å². The van der Waals surface area contributed by atoms with Crippen LogP contribution in [0.1, 0.15) is 44.1 Å². The fourth-order valence-electron chi connectivity index (χ4n) is 2.65. The molecule has 0 bridgehead atoms. The predicted octanol–water partition coefficient (Wildman–Crippen LogP) is 4.74. The number of aromatic nitrogens is 2. The number of thiophene rings is 1. The monoisotopic (exact) mass is 483 g/mol. The molecule has 12 heteroatoms. The second-order valence-electron chi connectivity index (χ2n) is 7.24. The minimum Gasteiger partial charge on any atom is -0.504 e. The summed E-state index contributed by atoms with van der Waals surface area (Å²) >= 11 is 1.92. The van der Waals surface area contributed by atoms with E-state index in [0.29, 0.717) is 17.6 Å². The van der Waals surface area contributed by atoms with E-state index in [1.807, 2.05) is 25.1 Å². The van der Waals surface area contributed by atoms with E-state index in [1.54, 1.807) is 6.26 Å². The van der Waals surface area contributed by atoms with Gasteiger partial charge in [0, 0.05) is 19.5 Å². The van der Waals surface area contributed by atoms with Crippen molar-refractivity contribution in [1.82, 2.24) is 13.1 Å². The fraction of sp³-hybridized carbons (Fsp3) is 0.368. The standard InChI is InChI=1S/C19H25N5O4S3/c1-6-7-13(15-8-12(9-28-15)11(2)3)20-17-18(23-30-22-17)21-14-10-29-19(16(14)25)31(26,27)24(4)5/h6-11,13,25H,1-5H3,(H,20,22)(H,21,23)/b7-6+. The molecule has 31 heavy (non-hydrogen) atoms. The van der Waals surface area contributed by atoms with Gasteiger partial charge in [-0.1, -0.05) is 26.0 Å². The van der Waals surface area contributed by atoms with E-state index in [9.17, 15) is 13.5 Å². The maximum absolute atomic E-state index is 12.4. The minimum atomic E-state index is -3.75. The molecule has 3 N–H and O–H groups in total. The van der Waals surface area contributed by atoms with Gasteiger partial charge in [-0.2, -0.15) is 8.75 Å². The number of rotatable bonds is 9. The third-order valence-electron chi connectivity index (χ3n) is 4.48. The SMILES string of the molecule is C/C=C/C(Nc1nsnc1Nc1csc(S(=O)(=O)N(C)C)c1O)c1cc(C(C)C)co1. The Morgan fingerprint density at radius 3 is 2.58 bits per heavy atom. The topological polar surface area (TPSA) is 121 Å². The van der Waals surface area contributed by atoms with Crippen LogP contribution in [-0.4, -0.2) is 40.7 Å². The number of hydrogen-bond donors (Lipinski definition) is 3. The molecule has 0 fully saturated rings. The number of nitrogens with zero attached hydrogens (tertiary/aromatic N) is 3. The first-order valence-electron chi connectivity index (χ1n) is 9.45. The Bertz CT molecular complexity index is 1160. The molecule has 3 heterocycles. The van der Waals surface area contributed by atoms with Crippen LogP contribution >= 0.6 is 23.1 Å². The van der Waals surface area contributed by atoms with Gasteiger partial charge in [0.1, 0.15) is 11.8 Å². The van der Waals surface area contributed by atoms with Crippen molar-refractivity contribution in [1.29, 1.82) is 0 Å². The van der Waals surface area contributed by atoms with Crippen LogP contribution in [0.2, 0.25) is 0 Å². The molecule has 3 aromatic rings. The van der Waals surface area contributed by atoms with Gasteiger partial charge in [-0.05, 0) is 24.5 Å². The highest BCUT2D eigenvalue weighted by atomic mass is 32.2. The van der Waals surface area contributed by atoms with Gasteiger partial charge in [0.15, 0.2) is 21.6 Å². The molecule has 0 spiro atoms. The largest absolute Gasteiger partial charge is 0.504 e. The zero-order chi connectivity index (χ0) is 22.8. The van der Waals surface area contributed by atoms with Crippen molar-refractivity contribution in [2.45, 2.75) is 36.9 Å². The second-order valence-corrected chi connectivity index (χ2v) is 11.0. The van der Waals surface area contributed by atoms with Gasteiger partial charge in [0.25, 0.3) is 10.0 Å². The first kappa shape index (κ1) is 23.3. The van der Waals surface area contributed by atoms with Gasteiger partial charge >= 0.3 is 0 Å². The Morgan fingerprint density at radius 1 is 1.26 bits per heavy atom. The Hall–Kier alpha value is -2.41. The third-order valence-corrected chi connectivity index (χ3v) is 8.31. The van der Waals surface area contributed by atoms with Gasteiger partial charge in [-0.3, -0.25) is 0 Å². The highest BCUT2D eigenvalue weighted by molar-refractivity contribution is 7.91. The number of allylic oxidation sites excluding steroid dienone is 1. The van der Waals surface area contributed by atoms with E-state index >= 15 is 0 Å². The summed E-state index contributed by atoms with van der Waals surface area (Å²) in [6, 6.07) is 1.72. The van der Waals surface area contributed by atoms with E-state index in [-0.39, 0.29) is 21.7 Å². The van der Waals surface area contributed by atoms with Crippen molar-refractivity contribution < 1.29 is 17.9 Å². The summed E-state index contributed by atoms with van der Waals surface area (Å²) < 4.78 is 39.9. The molecule has 0 aromatic carbocycles. The molecule has 168 valence electrons. The molecule has 0 amide bonds. The van der Waals surface area contributed by atoms with Gasteiger partial charge in [0.2, 0.25) is 0 Å². The zero-order valence-corrected chi connectivity index (χ0v) is 20.2. The van der Waals surface area contributed by atoms with Crippen LogP contribution in [0.3, 0.4) is 0 Å². The number of furan rings is 1. The van der Waals surface area contributed by atoms with E-state index < -0.39 is 10.0 Å². The number of anilines is 3. The highest BCUT2D eigenvalue weighted by Crippen LogP contribution is 2.41. The van der Waals surface area contributed by atoms with E-state index in [0.717, 1.165) is 38.7 Å². The quantitative estimate of drug-likeness (QED) is 0.373. The van der Waals surface area contributed by atoms with Crippen LogP contribution in [0.15, 0.2) is 38.5 Å². The van der Waals surface area contributed by atoms with Crippen LogP contribution in [-0.2, 0) is 10.0 Å². The van der Waals surface area contributed by atoms with Gasteiger partial charge in [-0.15, -0.1) is 11.3 Å². The van der Waals surface area contributed by atoms with Crippen LogP contribution in [0.25, 0.3) is 0 Å². The molecule has 9 nitrogen and oxygen atoms in total. The van der Waals surface area contributed by atoms with Crippen molar-refractivity contribution in [3.63, 3.8) is 0 Å². The molecule has 0 saturated heterocycles. The Balaban J connectivity index is 1.85. The molecule has 1 unspecified atom stereocenters. The summed E-state index contributed by atoms with van der Waals surface area (Å²) in [6.45, 7) is 6.10. The fourth-order valence-corrected chi connectivity index (χ4v) is 5.51. The summed E-state index contributed by atoms with van der Waals surface area (Å²) in [7, 11) is -0.929. The summed E-state index contributed by atoms with van der Waals surface area (Å²) in [5.74, 6) is 1.56. The number of sulfonamides is 1. The molecule has 0 saturated carbocycles. The maximum atomic E-state index is 12.4. The summed E-state index contributed by atoms with van der Waals surface area (Å²) in [5, 5.41) is 18.2. The maximum Gasteiger partial charge on any atom is 0.255 e. The number of aromatic hydroxyl groups is 1. The van der Waals surface area contributed by atoms with E-state index in [1.165, 1.54) is 19.5 Å². The average Bonchev–Trinajstić information content (AvgIpc) is 3.43. The smallest absolute Gasteiger partial charge is 0.255 e. The molecule has 0 aliphatic heterocycles. The molecular formula is C19H25N5O4S3. The van der Waals surface area contributed by atoms with Crippen molar-refractivity contribution in [3.8, 4) is 5.75 Å². The van der Waals surface area contributed by atoms with Crippen LogP contribution in [0, 0.1) is 0 Å². The van der Waals surface area contributed by atoms with Crippen LogP contribution in [0.5, 0.6) is 5.75 Å². The first-order valence-corrected chi connectivity index (χ1v) is 12.5. The second kappa shape index (κ2) is 9.39. The summed E-state index contributed by atoms with van der Waals surface area (Å²) in [6.07, 6.45) is 5.59. The zero-order valence-electron chi connectivity index (χ0n) is 17.8. The highest BCUT2D eigenvalue weighted by Gasteiger charge is 2.27. The first-order chi connectivity index (χ1) is 14.6. The predicted molar refractivity (Wildman–Crippen MR) is 124 cm³/mol. The molecule has 0 aliphatic rings. The summed E-state index contributed by atoms with van der Waals surface area (Å²) in [4.78, 5) is 0. The lowest BCUT2D eigenvalue weighted by atomic mass is 10.1. The van der Waals surface area contributed by atoms with Gasteiger partial charge < -0.3 is 20.2 Å². The minimum absolute atomic E-state index is 0.138. The molecule has 1 atom stereocenters. The molecular weight excluding hydrogens is 458 g/mol. The van der Waals surface area contributed by atoms with Crippen molar-refractivity contribution in [2.75, 3.05) is 24.7 Å². The lowest BCUT2D eigenvalue weighted by Gasteiger charge is -2.13. The Labute approximate surface area is 189 Å². The average molecular weight is 484 g/mol. The van der Waals surface area contributed by atoms with E-state index in [4.69, 9.17) is 4.42 Å². The van der Waals surface area contributed by atoms with Crippen LogP contribution in [0.4, 0.5) is 17.3 Å². The van der Waals surface area contributed by atoms with Gasteiger partial charge in [0.05, 0.1) is 23.7 Å². The van der Waals surface area contributed by atoms with Crippen molar-refractivity contribution >= 4 is 50.4 Å². The number of nitrogens with one attached hydrogen (secondary N) is 2. The lowest BCUT2D eigenvalue weighted by molar-refractivity contribution is 0.460. The van der Waals surface area contributed by atoms with Crippen molar-refractivity contribution in [2.24, 2.45) is 0 Å². The molecule has 0 radical (unpaired) electrons.